The average molecular weight is 890 g/mol. The van der Waals surface area contributed by atoms with Crippen molar-refractivity contribution in [2.75, 3.05) is 49.6 Å². The van der Waals surface area contributed by atoms with Crippen LogP contribution in [0.5, 0.6) is 5.88 Å². The Morgan fingerprint density at radius 3 is 2.60 bits per heavy atom. The maximum atomic E-state index is 14.0. The number of carbonyl (C=O) groups excluding carboxylic acids is 1. The Hall–Kier alpha value is -4.74. The number of aliphatic hydroxyl groups is 1. The van der Waals surface area contributed by atoms with Crippen molar-refractivity contribution in [3.05, 3.63) is 93.0 Å². The zero-order valence-electron chi connectivity index (χ0n) is 32.0. The molecule has 3 aliphatic heterocycles. The molecule has 3 fully saturated rings. The molecule has 2 amide bonds. The SMILES string of the molecule is COc1nc(-c2cccc(-c3cccc(Nc4nc(C(F)F)cc5cnn(C)c(=O)c45)c3C)c2C2C[I-]2)cc2c1C(N1CCC3(CCN(CCO)C(=O)N3)C1)CC2. The van der Waals surface area contributed by atoms with E-state index >= 15 is 0 Å². The van der Waals surface area contributed by atoms with Crippen LogP contribution in [0.1, 0.15) is 63.6 Å². The fraction of sp³-hybridized carbons (Fsp3) is 0.405. The van der Waals surface area contributed by atoms with Crippen molar-refractivity contribution >= 4 is 28.3 Å². The van der Waals surface area contributed by atoms with Crippen LogP contribution in [0.15, 0.2) is 59.5 Å². The second-order valence-corrected chi connectivity index (χ2v) is 18.7. The van der Waals surface area contributed by atoms with Crippen LogP contribution in [0.3, 0.4) is 0 Å². The Balaban J connectivity index is 1.05. The first-order valence-corrected chi connectivity index (χ1v) is 22.1. The molecule has 0 saturated carbocycles. The number of urea groups is 1. The van der Waals surface area contributed by atoms with Crippen molar-refractivity contribution in [1.82, 2.24) is 34.9 Å². The summed E-state index contributed by atoms with van der Waals surface area (Å²) in [5.74, 6) is 0.710. The topological polar surface area (TPSA) is 138 Å². The van der Waals surface area contributed by atoms with Crippen LogP contribution < -0.4 is 42.1 Å². The van der Waals surface area contributed by atoms with Gasteiger partial charge in [-0.15, -0.1) is 0 Å². The molecule has 4 aliphatic rings. The first-order valence-electron chi connectivity index (χ1n) is 19.3. The summed E-state index contributed by atoms with van der Waals surface area (Å²) in [5, 5.41) is 20.4. The van der Waals surface area contributed by atoms with Crippen LogP contribution >= 0.6 is 0 Å². The van der Waals surface area contributed by atoms with Gasteiger partial charge in [0.25, 0.3) is 0 Å². The van der Waals surface area contributed by atoms with Gasteiger partial charge in [-0.3, -0.25) is 0 Å². The molecule has 9 rings (SSSR count). The van der Waals surface area contributed by atoms with Gasteiger partial charge in [-0.25, -0.2) is 4.79 Å². The Labute approximate surface area is 338 Å². The third-order valence-electron chi connectivity index (χ3n) is 12.1. The number of β-amino-alcohol motifs (C(OH)–C–C–N with tert-alkyl or cyclic N) is 1. The molecule has 0 radical (unpaired) electrons. The maximum absolute atomic E-state index is 14.0. The molecule has 57 heavy (non-hydrogen) atoms. The van der Waals surface area contributed by atoms with Crippen LogP contribution in [0.2, 0.25) is 0 Å². The minimum absolute atomic E-state index is 0.0184. The van der Waals surface area contributed by atoms with E-state index in [1.807, 2.05) is 19.1 Å². The molecule has 3 atom stereocenters. The van der Waals surface area contributed by atoms with Gasteiger partial charge in [-0.05, 0) is 0 Å². The summed E-state index contributed by atoms with van der Waals surface area (Å²) < 4.78 is 36.8. The number of nitrogens with one attached hydrogen (secondary N) is 2. The number of aromatic nitrogens is 4. The van der Waals surface area contributed by atoms with Crippen LogP contribution in [-0.2, 0) is 13.5 Å². The van der Waals surface area contributed by atoms with Crippen LogP contribution in [-0.4, -0.2) is 90.5 Å². The third kappa shape index (κ3) is 6.80. The van der Waals surface area contributed by atoms with Gasteiger partial charge in [-0.2, -0.15) is 0 Å². The van der Waals surface area contributed by atoms with E-state index in [1.165, 1.54) is 39.5 Å². The van der Waals surface area contributed by atoms with E-state index in [0.717, 1.165) is 72.3 Å². The summed E-state index contributed by atoms with van der Waals surface area (Å²) in [6.45, 7) is 4.59. The number of nitrogens with zero attached hydrogens (tertiary/aromatic N) is 6. The zero-order chi connectivity index (χ0) is 39.6. The number of aliphatic hydroxyl groups excluding tert-OH is 1. The number of aryl methyl sites for hydroxylation is 2. The molecule has 3 saturated heterocycles. The number of likely N-dealkylation sites (tertiary alicyclic amines) is 1. The summed E-state index contributed by atoms with van der Waals surface area (Å²) in [7, 11) is 3.21. The second-order valence-electron chi connectivity index (χ2n) is 15.4. The number of anilines is 2. The van der Waals surface area contributed by atoms with Crippen LogP contribution in [0, 0.1) is 6.92 Å². The number of alkyl halides is 4. The molecule has 15 heteroatoms. The monoisotopic (exact) mass is 889 g/mol. The van der Waals surface area contributed by atoms with E-state index in [0.29, 0.717) is 34.0 Å². The number of carbonyl (C=O) groups is 1. The quantitative estimate of drug-likeness (QED) is 0.143. The molecular weight excluding hydrogens is 845 g/mol. The first kappa shape index (κ1) is 37.8. The molecule has 5 aromatic rings. The van der Waals surface area contributed by atoms with E-state index < -0.39 is 17.7 Å². The number of amides is 2. The van der Waals surface area contributed by atoms with Gasteiger partial charge in [0.2, 0.25) is 0 Å². The summed E-state index contributed by atoms with van der Waals surface area (Å²) in [4.78, 5) is 39.7. The predicted molar refractivity (Wildman–Crippen MR) is 209 cm³/mol. The summed E-state index contributed by atoms with van der Waals surface area (Å²) >= 11 is -0.0184. The molecule has 3 N–H and O–H groups in total. The number of rotatable bonds is 10. The summed E-state index contributed by atoms with van der Waals surface area (Å²) in [6, 6.07) is 15.8. The van der Waals surface area contributed by atoms with Gasteiger partial charge in [0.1, 0.15) is 0 Å². The van der Waals surface area contributed by atoms with Gasteiger partial charge >= 0.3 is 306 Å². The molecule has 2 aromatic carbocycles. The minimum atomic E-state index is -2.82. The summed E-state index contributed by atoms with van der Waals surface area (Å²) in [6.07, 6.45) is 2.17. The summed E-state index contributed by atoms with van der Waals surface area (Å²) in [5.41, 5.74) is 8.15. The van der Waals surface area contributed by atoms with Crippen molar-refractivity contribution in [2.24, 2.45) is 7.05 Å². The van der Waals surface area contributed by atoms with Gasteiger partial charge in [0.15, 0.2) is 0 Å². The number of benzene rings is 2. The number of hydrogen-bond acceptors (Lipinski definition) is 9. The van der Waals surface area contributed by atoms with Crippen molar-refractivity contribution in [1.29, 1.82) is 0 Å². The predicted octanol–water partition coefficient (Wildman–Crippen LogP) is 3.04. The van der Waals surface area contributed by atoms with E-state index in [-0.39, 0.29) is 56.6 Å². The fourth-order valence-corrected chi connectivity index (χ4v) is 10.9. The van der Waals surface area contributed by atoms with Gasteiger partial charge < -0.3 is 10.0 Å². The van der Waals surface area contributed by atoms with Crippen molar-refractivity contribution in [2.45, 2.75) is 54.5 Å². The molecule has 3 aromatic heterocycles. The Bertz CT molecular complexity index is 2480. The number of pyridine rings is 2. The third-order valence-corrected chi connectivity index (χ3v) is 14.5. The fourth-order valence-electron chi connectivity index (χ4n) is 9.10. The molecular formula is C42H44F2IN8O4-. The average Bonchev–Trinajstić information content (AvgIpc) is 3.84. The number of fused-ring (bicyclic) bond motifs is 2. The number of halogens is 3. The molecule has 6 heterocycles. The Morgan fingerprint density at radius 2 is 1.84 bits per heavy atom. The molecule has 1 spiro atoms. The molecule has 0 bridgehead atoms. The van der Waals surface area contributed by atoms with Gasteiger partial charge in [0, 0.05) is 13.1 Å². The van der Waals surface area contributed by atoms with E-state index in [9.17, 15) is 23.5 Å². The van der Waals surface area contributed by atoms with Crippen molar-refractivity contribution in [3.8, 4) is 28.3 Å². The van der Waals surface area contributed by atoms with Gasteiger partial charge in [0.05, 0.1) is 6.61 Å². The molecule has 3 unspecified atom stereocenters. The molecule has 298 valence electrons. The van der Waals surface area contributed by atoms with Crippen LogP contribution in [0.25, 0.3) is 33.2 Å². The molecule has 1 aliphatic carbocycles. The first-order chi connectivity index (χ1) is 27.6. The van der Waals surface area contributed by atoms with E-state index in [2.05, 4.69) is 55.9 Å². The van der Waals surface area contributed by atoms with Crippen molar-refractivity contribution < 1.29 is 44.6 Å². The van der Waals surface area contributed by atoms with Crippen molar-refractivity contribution in [3.63, 3.8) is 0 Å². The Kier molecular flexibility index (Phi) is 9.88. The standard InChI is InChI=1S/C42H44F2IN8O4/c1-23-26(6-5-9-30(23)47-38-35-25(19-32(48-38)37(43)44)21-46-51(2)40(35)55)27-7-4-8-28(36(27)29-20-45-29)31-18-24-10-11-33(34(24)39(49-31)57-3)53-15-13-42(22-53)12-14-52(16-17-54)41(56)50-42/h4-9,18-19,21,29,33,37,54H,10-17,20,22H2,1-3H3,(H,47,48)(H,50,56)/q-1. The zero-order valence-corrected chi connectivity index (χ0v) is 34.1. The van der Waals surface area contributed by atoms with Gasteiger partial charge in [-0.1, -0.05) is 0 Å². The Morgan fingerprint density at radius 1 is 1.07 bits per heavy atom. The second kappa shape index (κ2) is 14.9. The normalized spacial score (nSPS) is 21.9. The van der Waals surface area contributed by atoms with Crippen LogP contribution in [0.4, 0.5) is 25.1 Å². The number of hydrogen-bond donors (Lipinski definition) is 3. The van der Waals surface area contributed by atoms with E-state index in [4.69, 9.17) is 9.72 Å². The number of ether oxygens (including phenoxy) is 1. The van der Waals surface area contributed by atoms with E-state index in [1.54, 1.807) is 12.0 Å². The molecule has 12 nitrogen and oxygen atoms in total. The number of methoxy groups -OCH3 is 1.